The van der Waals surface area contributed by atoms with Gasteiger partial charge in [-0.05, 0) is 40.6 Å². The fourth-order valence-electron chi connectivity index (χ4n) is 2.61. The van der Waals surface area contributed by atoms with Crippen molar-refractivity contribution >= 4 is 10.8 Å². The van der Waals surface area contributed by atoms with E-state index in [0.717, 1.165) is 10.9 Å². The molecule has 2 heterocycles. The molecule has 2 N–H and O–H groups in total. The van der Waals surface area contributed by atoms with Gasteiger partial charge in [-0.25, -0.2) is 0 Å². The Balaban J connectivity index is 2.49. The van der Waals surface area contributed by atoms with Crippen LogP contribution in [0, 0.1) is 0 Å². The summed E-state index contributed by atoms with van der Waals surface area (Å²) in [4.78, 5) is 29.8. The van der Waals surface area contributed by atoms with Gasteiger partial charge in [-0.15, -0.1) is 0 Å². The summed E-state index contributed by atoms with van der Waals surface area (Å²) < 4.78 is 0. The smallest absolute Gasteiger partial charge is 0.256 e. The van der Waals surface area contributed by atoms with Crippen molar-refractivity contribution in [1.29, 1.82) is 0 Å². The van der Waals surface area contributed by atoms with E-state index in [1.165, 1.54) is 0 Å². The lowest BCUT2D eigenvalue weighted by Gasteiger charge is -2.21. The Morgan fingerprint density at radius 2 is 1.59 bits per heavy atom. The van der Waals surface area contributed by atoms with Gasteiger partial charge in [0.15, 0.2) is 0 Å². The summed E-state index contributed by atoms with van der Waals surface area (Å²) in [6, 6.07) is 9.34. The van der Waals surface area contributed by atoms with Crippen molar-refractivity contribution in [1.82, 2.24) is 9.97 Å². The summed E-state index contributed by atoms with van der Waals surface area (Å²) in [5.41, 5.74) is 1.81. The topological polar surface area (TPSA) is 65.7 Å². The fraction of sp³-hybridized carbons (Fsp3) is 0.222. The highest BCUT2D eigenvalue weighted by Gasteiger charge is 2.18. The van der Waals surface area contributed by atoms with E-state index in [1.807, 2.05) is 18.2 Å². The molecular formula is C18H18N2O2. The van der Waals surface area contributed by atoms with Crippen molar-refractivity contribution in [2.45, 2.75) is 26.2 Å². The summed E-state index contributed by atoms with van der Waals surface area (Å²) in [5.74, 6) is 0. The average molecular weight is 294 g/mol. The predicted octanol–water partition coefficient (Wildman–Crippen LogP) is 3.18. The van der Waals surface area contributed by atoms with Crippen molar-refractivity contribution in [2.75, 3.05) is 0 Å². The second-order valence-corrected chi connectivity index (χ2v) is 6.46. The number of H-pyrrole nitrogens is 2. The van der Waals surface area contributed by atoms with Gasteiger partial charge in [0.25, 0.3) is 11.1 Å². The molecule has 0 fully saturated rings. The van der Waals surface area contributed by atoms with Gasteiger partial charge in [0, 0.05) is 23.5 Å². The molecule has 1 aromatic carbocycles. The maximum Gasteiger partial charge on any atom is 0.256 e. The summed E-state index contributed by atoms with van der Waals surface area (Å²) in [6.07, 6.45) is 3.22. The third-order valence-electron chi connectivity index (χ3n) is 3.85. The molecule has 3 rings (SSSR count). The first-order valence-corrected chi connectivity index (χ1v) is 7.22. The largest absolute Gasteiger partial charge is 0.329 e. The summed E-state index contributed by atoms with van der Waals surface area (Å²) in [5, 5.41) is 1.39. The zero-order chi connectivity index (χ0) is 15.9. The van der Waals surface area contributed by atoms with Crippen LogP contribution in [0.15, 0.2) is 52.3 Å². The minimum Gasteiger partial charge on any atom is -0.329 e. The number of benzene rings is 1. The molecule has 0 saturated carbocycles. The highest BCUT2D eigenvalue weighted by atomic mass is 16.1. The minimum atomic E-state index is -0.196. The first-order chi connectivity index (χ1) is 10.4. The molecule has 0 radical (unpaired) electrons. The monoisotopic (exact) mass is 294 g/mol. The van der Waals surface area contributed by atoms with Crippen LogP contribution in [0.4, 0.5) is 0 Å². The Hall–Kier alpha value is -2.62. The van der Waals surface area contributed by atoms with E-state index in [4.69, 9.17) is 0 Å². The third kappa shape index (κ3) is 2.37. The van der Waals surface area contributed by atoms with Crippen molar-refractivity contribution in [3.63, 3.8) is 0 Å². The second-order valence-electron chi connectivity index (χ2n) is 6.46. The van der Waals surface area contributed by atoms with E-state index in [1.54, 1.807) is 24.5 Å². The third-order valence-corrected chi connectivity index (χ3v) is 3.85. The van der Waals surface area contributed by atoms with Crippen LogP contribution in [0.5, 0.6) is 0 Å². The minimum absolute atomic E-state index is 0.0763. The zero-order valence-electron chi connectivity index (χ0n) is 12.9. The lowest BCUT2D eigenvalue weighted by atomic mass is 9.83. The first-order valence-electron chi connectivity index (χ1n) is 7.22. The van der Waals surface area contributed by atoms with Crippen LogP contribution in [0.25, 0.3) is 21.9 Å². The van der Waals surface area contributed by atoms with Crippen LogP contribution in [-0.4, -0.2) is 9.97 Å². The molecule has 0 aliphatic heterocycles. The fourth-order valence-corrected chi connectivity index (χ4v) is 2.61. The van der Waals surface area contributed by atoms with E-state index in [-0.39, 0.29) is 16.5 Å². The predicted molar refractivity (Wildman–Crippen MR) is 89.3 cm³/mol. The van der Waals surface area contributed by atoms with E-state index in [9.17, 15) is 9.59 Å². The first kappa shape index (κ1) is 14.3. The van der Waals surface area contributed by atoms with Crippen molar-refractivity contribution in [2.24, 2.45) is 0 Å². The number of nitrogens with one attached hydrogen (secondary N) is 2. The second kappa shape index (κ2) is 4.98. The summed E-state index contributed by atoms with van der Waals surface area (Å²) in [7, 11) is 0. The quantitative estimate of drug-likeness (QED) is 0.724. The van der Waals surface area contributed by atoms with Crippen molar-refractivity contribution in [3.8, 4) is 11.1 Å². The van der Waals surface area contributed by atoms with E-state index in [2.05, 4.69) is 30.7 Å². The molecule has 0 spiro atoms. The number of pyridine rings is 2. The van der Waals surface area contributed by atoms with Crippen LogP contribution in [0.2, 0.25) is 0 Å². The molecule has 3 aromatic rings. The Kier molecular flexibility index (Phi) is 3.24. The Morgan fingerprint density at radius 1 is 0.864 bits per heavy atom. The van der Waals surface area contributed by atoms with E-state index >= 15 is 0 Å². The van der Waals surface area contributed by atoms with Gasteiger partial charge >= 0.3 is 0 Å². The van der Waals surface area contributed by atoms with Gasteiger partial charge < -0.3 is 9.97 Å². The molecule has 0 amide bonds. The SMILES string of the molecule is CC(C)(C)c1cc(-c2ccc[nH]c2=O)c2c(=O)[nH]ccc2c1. The Bertz CT molecular complexity index is 959. The van der Waals surface area contributed by atoms with Gasteiger partial charge in [-0.1, -0.05) is 26.8 Å². The maximum absolute atomic E-state index is 12.3. The molecule has 4 heteroatoms. The zero-order valence-corrected chi connectivity index (χ0v) is 12.9. The standard InChI is InChI=1S/C18H18N2O2/c1-18(2,3)12-9-11-6-8-20-17(22)15(11)14(10-12)13-5-4-7-19-16(13)21/h4-10H,1-3H3,(H,19,21)(H,20,22). The van der Waals surface area contributed by atoms with Gasteiger partial charge in [0.2, 0.25) is 0 Å². The van der Waals surface area contributed by atoms with Gasteiger partial charge in [0.05, 0.1) is 5.39 Å². The van der Waals surface area contributed by atoms with Gasteiger partial charge in [0.1, 0.15) is 0 Å². The number of aromatic amines is 2. The molecule has 0 atom stereocenters. The van der Waals surface area contributed by atoms with Crippen molar-refractivity contribution in [3.05, 3.63) is 69.0 Å². The van der Waals surface area contributed by atoms with Crippen LogP contribution in [0.3, 0.4) is 0 Å². The number of fused-ring (bicyclic) bond motifs is 1. The molecule has 4 nitrogen and oxygen atoms in total. The number of aromatic nitrogens is 2. The molecule has 112 valence electrons. The normalized spacial score (nSPS) is 11.8. The van der Waals surface area contributed by atoms with Crippen LogP contribution >= 0.6 is 0 Å². The number of hydrogen-bond donors (Lipinski definition) is 2. The van der Waals surface area contributed by atoms with Crippen LogP contribution in [-0.2, 0) is 5.41 Å². The molecule has 0 aliphatic rings. The highest BCUT2D eigenvalue weighted by molar-refractivity contribution is 5.96. The highest BCUT2D eigenvalue weighted by Crippen LogP contribution is 2.31. The molecule has 0 saturated heterocycles. The van der Waals surface area contributed by atoms with Crippen LogP contribution in [0.1, 0.15) is 26.3 Å². The Morgan fingerprint density at radius 3 is 2.27 bits per heavy atom. The lowest BCUT2D eigenvalue weighted by molar-refractivity contribution is 0.591. The lowest BCUT2D eigenvalue weighted by Crippen LogP contribution is -2.15. The van der Waals surface area contributed by atoms with Gasteiger partial charge in [-0.2, -0.15) is 0 Å². The Labute approximate surface area is 127 Å². The molecule has 22 heavy (non-hydrogen) atoms. The molecule has 0 bridgehead atoms. The number of rotatable bonds is 1. The number of hydrogen-bond acceptors (Lipinski definition) is 2. The molecular weight excluding hydrogens is 276 g/mol. The van der Waals surface area contributed by atoms with E-state index < -0.39 is 0 Å². The molecule has 0 aliphatic carbocycles. The average Bonchev–Trinajstić information content (AvgIpc) is 2.46. The van der Waals surface area contributed by atoms with E-state index in [0.29, 0.717) is 16.5 Å². The summed E-state index contributed by atoms with van der Waals surface area (Å²) >= 11 is 0. The van der Waals surface area contributed by atoms with Crippen LogP contribution < -0.4 is 11.1 Å². The summed E-state index contributed by atoms with van der Waals surface area (Å²) in [6.45, 7) is 6.33. The maximum atomic E-state index is 12.3. The molecule has 2 aromatic heterocycles. The van der Waals surface area contributed by atoms with Gasteiger partial charge in [-0.3, -0.25) is 9.59 Å². The van der Waals surface area contributed by atoms with Crippen molar-refractivity contribution < 1.29 is 0 Å². The molecule has 0 unspecified atom stereocenters.